The van der Waals surface area contributed by atoms with E-state index in [1.165, 1.54) is 32.8 Å². The lowest BCUT2D eigenvalue weighted by Crippen LogP contribution is -2.44. The quantitative estimate of drug-likeness (QED) is 0.752. The maximum atomic E-state index is 11.6. The Kier molecular flexibility index (Phi) is 5.96. The molecule has 0 aromatic carbocycles. The number of methoxy groups -OCH3 is 1. The van der Waals surface area contributed by atoms with Crippen LogP contribution in [0.15, 0.2) is 0 Å². The predicted molar refractivity (Wildman–Crippen MR) is 69.8 cm³/mol. The van der Waals surface area contributed by atoms with E-state index in [1.807, 2.05) is 0 Å². The van der Waals surface area contributed by atoms with Crippen molar-refractivity contribution in [2.75, 3.05) is 13.7 Å². The van der Waals surface area contributed by atoms with E-state index in [-0.39, 0.29) is 17.9 Å². The summed E-state index contributed by atoms with van der Waals surface area (Å²) in [5.41, 5.74) is 0. The first-order valence-electron chi connectivity index (χ1n) is 6.85. The number of carbonyl (C=O) groups is 1. The van der Waals surface area contributed by atoms with Crippen molar-refractivity contribution in [3.8, 4) is 0 Å². The second kappa shape index (κ2) is 7.00. The van der Waals surface area contributed by atoms with E-state index < -0.39 is 0 Å². The van der Waals surface area contributed by atoms with Crippen LogP contribution in [0.1, 0.15) is 46.5 Å². The van der Waals surface area contributed by atoms with Gasteiger partial charge >= 0.3 is 5.97 Å². The van der Waals surface area contributed by atoms with Gasteiger partial charge in [0, 0.05) is 0 Å². The molecule has 0 bridgehead atoms. The Morgan fingerprint density at radius 2 is 2.12 bits per heavy atom. The van der Waals surface area contributed by atoms with Gasteiger partial charge in [-0.25, -0.2) is 0 Å². The largest absolute Gasteiger partial charge is 0.468 e. The van der Waals surface area contributed by atoms with E-state index in [0.717, 1.165) is 18.4 Å². The average Bonchev–Trinajstić information content (AvgIpc) is 2.28. The van der Waals surface area contributed by atoms with Gasteiger partial charge < -0.3 is 10.1 Å². The zero-order chi connectivity index (χ0) is 12.8. The van der Waals surface area contributed by atoms with Crippen LogP contribution in [-0.2, 0) is 9.53 Å². The number of ether oxygens (including phenoxy) is 1. The summed E-state index contributed by atoms with van der Waals surface area (Å²) in [5.74, 6) is 1.71. The van der Waals surface area contributed by atoms with Gasteiger partial charge in [0.2, 0.25) is 0 Å². The van der Waals surface area contributed by atoms with Gasteiger partial charge in [-0.1, -0.05) is 33.6 Å². The molecule has 1 N–H and O–H groups in total. The smallest absolute Gasteiger partial charge is 0.323 e. The van der Waals surface area contributed by atoms with Crippen molar-refractivity contribution in [1.82, 2.24) is 5.32 Å². The van der Waals surface area contributed by atoms with E-state index in [0.29, 0.717) is 0 Å². The van der Waals surface area contributed by atoms with Crippen molar-refractivity contribution in [3.63, 3.8) is 0 Å². The maximum Gasteiger partial charge on any atom is 0.323 e. The van der Waals surface area contributed by atoms with Crippen molar-refractivity contribution in [3.05, 3.63) is 0 Å². The third-order valence-electron chi connectivity index (χ3n) is 3.79. The lowest BCUT2D eigenvalue weighted by Gasteiger charge is -2.29. The molecule has 1 aliphatic rings. The normalized spacial score (nSPS) is 26.9. The molecule has 1 aliphatic carbocycles. The zero-order valence-corrected chi connectivity index (χ0v) is 11.7. The molecular formula is C14H27NO2. The van der Waals surface area contributed by atoms with E-state index in [9.17, 15) is 4.79 Å². The molecule has 0 aliphatic heterocycles. The first kappa shape index (κ1) is 14.5. The fourth-order valence-electron chi connectivity index (χ4n) is 2.76. The number of hydrogen-bond acceptors (Lipinski definition) is 3. The van der Waals surface area contributed by atoms with Gasteiger partial charge in [-0.2, -0.15) is 0 Å². The molecule has 3 heteroatoms. The Balaban J connectivity index is 2.38. The van der Waals surface area contributed by atoms with Gasteiger partial charge in [-0.15, -0.1) is 0 Å². The predicted octanol–water partition coefficient (Wildman–Crippen LogP) is 2.60. The molecule has 3 unspecified atom stereocenters. The molecular weight excluding hydrogens is 214 g/mol. The number of rotatable bonds is 5. The highest BCUT2D eigenvalue weighted by atomic mass is 16.5. The van der Waals surface area contributed by atoms with Gasteiger partial charge in [-0.3, -0.25) is 4.79 Å². The van der Waals surface area contributed by atoms with Crippen LogP contribution in [0.5, 0.6) is 0 Å². The van der Waals surface area contributed by atoms with Gasteiger partial charge in [0.25, 0.3) is 0 Å². The highest BCUT2D eigenvalue weighted by Gasteiger charge is 2.25. The molecule has 0 amide bonds. The summed E-state index contributed by atoms with van der Waals surface area (Å²) in [5, 5.41) is 3.39. The Morgan fingerprint density at radius 1 is 1.41 bits per heavy atom. The summed E-state index contributed by atoms with van der Waals surface area (Å²) in [6.07, 6.45) is 5.28. The molecule has 17 heavy (non-hydrogen) atoms. The van der Waals surface area contributed by atoms with Gasteiger partial charge in [0.1, 0.15) is 6.04 Å². The summed E-state index contributed by atoms with van der Waals surface area (Å²) < 4.78 is 4.83. The van der Waals surface area contributed by atoms with Crippen LogP contribution in [0, 0.1) is 17.8 Å². The molecule has 0 aromatic heterocycles. The minimum absolute atomic E-state index is 0.135. The maximum absolute atomic E-state index is 11.6. The van der Waals surface area contributed by atoms with Gasteiger partial charge in [0.05, 0.1) is 7.11 Å². The molecule has 1 rings (SSSR count). The summed E-state index contributed by atoms with van der Waals surface area (Å²) in [6.45, 7) is 7.38. The number of esters is 1. The fourth-order valence-corrected chi connectivity index (χ4v) is 2.76. The van der Waals surface area contributed by atoms with Crippen LogP contribution >= 0.6 is 0 Å². The van der Waals surface area contributed by atoms with E-state index in [2.05, 4.69) is 26.1 Å². The lowest BCUT2D eigenvalue weighted by molar-refractivity contribution is -0.144. The lowest BCUT2D eigenvalue weighted by atomic mass is 9.82. The Hall–Kier alpha value is -0.570. The first-order chi connectivity index (χ1) is 8.04. The van der Waals surface area contributed by atoms with Crippen molar-refractivity contribution >= 4 is 5.97 Å². The SMILES string of the molecule is COC(=O)C(NCC1CCCC(C)C1)C(C)C. The van der Waals surface area contributed by atoms with Crippen molar-refractivity contribution in [2.24, 2.45) is 17.8 Å². The molecule has 0 heterocycles. The summed E-state index contributed by atoms with van der Waals surface area (Å²) in [7, 11) is 1.46. The van der Waals surface area contributed by atoms with Crippen LogP contribution in [0.2, 0.25) is 0 Å². The van der Waals surface area contributed by atoms with Crippen molar-refractivity contribution < 1.29 is 9.53 Å². The Labute approximate surface area is 105 Å². The molecule has 100 valence electrons. The topological polar surface area (TPSA) is 38.3 Å². The highest BCUT2D eigenvalue weighted by Crippen LogP contribution is 2.28. The van der Waals surface area contributed by atoms with Crippen LogP contribution in [-0.4, -0.2) is 25.7 Å². The molecule has 1 fully saturated rings. The summed E-state index contributed by atoms with van der Waals surface area (Å²) >= 11 is 0. The summed E-state index contributed by atoms with van der Waals surface area (Å²) in [6, 6.07) is -0.155. The standard InChI is InChI=1S/C14H27NO2/c1-10(2)13(14(16)17-4)15-9-12-7-5-6-11(3)8-12/h10-13,15H,5-9H2,1-4H3. The first-order valence-corrected chi connectivity index (χ1v) is 6.85. The third kappa shape index (κ3) is 4.66. The summed E-state index contributed by atoms with van der Waals surface area (Å²) in [4.78, 5) is 11.6. The minimum atomic E-state index is -0.155. The molecule has 0 saturated heterocycles. The zero-order valence-electron chi connectivity index (χ0n) is 11.7. The number of nitrogens with one attached hydrogen (secondary N) is 1. The van der Waals surface area contributed by atoms with Crippen LogP contribution < -0.4 is 5.32 Å². The number of hydrogen-bond donors (Lipinski definition) is 1. The van der Waals surface area contributed by atoms with Gasteiger partial charge in [-0.05, 0) is 37.1 Å². The highest BCUT2D eigenvalue weighted by molar-refractivity contribution is 5.75. The molecule has 3 nitrogen and oxygen atoms in total. The van der Waals surface area contributed by atoms with E-state index in [4.69, 9.17) is 4.74 Å². The van der Waals surface area contributed by atoms with Gasteiger partial charge in [0.15, 0.2) is 0 Å². The van der Waals surface area contributed by atoms with Crippen molar-refractivity contribution in [1.29, 1.82) is 0 Å². The second-order valence-electron chi connectivity index (χ2n) is 5.79. The average molecular weight is 241 g/mol. The Bertz CT molecular complexity index is 240. The van der Waals surface area contributed by atoms with E-state index >= 15 is 0 Å². The minimum Gasteiger partial charge on any atom is -0.468 e. The van der Waals surface area contributed by atoms with Crippen LogP contribution in [0.3, 0.4) is 0 Å². The second-order valence-corrected chi connectivity index (χ2v) is 5.79. The Morgan fingerprint density at radius 3 is 2.65 bits per heavy atom. The third-order valence-corrected chi connectivity index (χ3v) is 3.79. The number of carbonyl (C=O) groups excluding carboxylic acids is 1. The molecule has 0 aromatic rings. The van der Waals surface area contributed by atoms with Crippen LogP contribution in [0.4, 0.5) is 0 Å². The molecule has 3 atom stereocenters. The molecule has 0 spiro atoms. The molecule has 1 saturated carbocycles. The van der Waals surface area contributed by atoms with E-state index in [1.54, 1.807) is 0 Å². The fraction of sp³-hybridized carbons (Fsp3) is 0.929. The monoisotopic (exact) mass is 241 g/mol. The van der Waals surface area contributed by atoms with Crippen LogP contribution in [0.25, 0.3) is 0 Å². The molecule has 0 radical (unpaired) electrons. The van der Waals surface area contributed by atoms with Crippen molar-refractivity contribution in [2.45, 2.75) is 52.5 Å².